The maximum Gasteiger partial charge on any atom is 0.126 e. The van der Waals surface area contributed by atoms with Gasteiger partial charge in [-0.2, -0.15) is 0 Å². The minimum absolute atomic E-state index is 0.153. The Morgan fingerprint density at radius 2 is 1.18 bits per heavy atom. The molecule has 3 aromatic rings. The third-order valence-corrected chi connectivity index (χ3v) is 4.90. The largest absolute Gasteiger partial charge is 0.207 e. The Labute approximate surface area is 134 Å². The molecule has 0 unspecified atom stereocenters. The van der Waals surface area contributed by atoms with Crippen molar-refractivity contribution in [2.45, 2.75) is 13.0 Å². The molecule has 0 nitrogen and oxygen atoms in total. The van der Waals surface area contributed by atoms with Crippen LogP contribution in [-0.2, 0) is 6.04 Å². The number of hydrogen-bond donors (Lipinski definition) is 0. The summed E-state index contributed by atoms with van der Waals surface area (Å²) in [6.45, 7) is 1.78. The second-order valence-electron chi connectivity index (χ2n) is 5.59. The zero-order valence-electron chi connectivity index (χ0n) is 12.9. The Hall–Kier alpha value is -2.19. The van der Waals surface area contributed by atoms with Gasteiger partial charge in [0.05, 0.1) is 0 Å². The summed E-state index contributed by atoms with van der Waals surface area (Å²) in [4.78, 5) is 0. The maximum absolute atomic E-state index is 13.7. The van der Waals surface area contributed by atoms with Gasteiger partial charge in [0, 0.05) is 10.2 Å². The van der Waals surface area contributed by atoms with E-state index in [4.69, 9.17) is 0 Å². The van der Waals surface area contributed by atoms with Crippen LogP contribution in [-0.4, -0.2) is 10.2 Å². The molecule has 2 heteroatoms. The van der Waals surface area contributed by atoms with Gasteiger partial charge in [0.15, 0.2) is 0 Å². The van der Waals surface area contributed by atoms with E-state index in [1.54, 1.807) is 13.0 Å². The number of aryl methyl sites for hydroxylation is 1. The lowest BCUT2D eigenvalue weighted by Crippen LogP contribution is -1.86. The second kappa shape index (κ2) is 6.28. The van der Waals surface area contributed by atoms with E-state index in [0.29, 0.717) is 5.56 Å². The SMILES string of the molecule is Cc1ccc(-c2ccc(-c3ccc(C[SiH3])cc3)cc2)cc1F. The molecule has 0 saturated heterocycles. The summed E-state index contributed by atoms with van der Waals surface area (Å²) in [6, 6.07) is 23.6. The number of benzene rings is 3. The molecule has 0 N–H and O–H groups in total. The Balaban J connectivity index is 1.89. The monoisotopic (exact) mass is 306 g/mol. The van der Waals surface area contributed by atoms with Gasteiger partial charge >= 0.3 is 0 Å². The lowest BCUT2D eigenvalue weighted by molar-refractivity contribution is 0.619. The second-order valence-corrected chi connectivity index (χ2v) is 6.30. The van der Waals surface area contributed by atoms with Crippen LogP contribution in [0.5, 0.6) is 0 Å². The van der Waals surface area contributed by atoms with Crippen molar-refractivity contribution in [1.82, 2.24) is 0 Å². The van der Waals surface area contributed by atoms with Crippen LogP contribution in [0.2, 0.25) is 0 Å². The summed E-state index contributed by atoms with van der Waals surface area (Å²) in [5.41, 5.74) is 6.46. The highest BCUT2D eigenvalue weighted by atomic mass is 28.1. The van der Waals surface area contributed by atoms with E-state index < -0.39 is 0 Å². The number of hydrogen-bond acceptors (Lipinski definition) is 0. The highest BCUT2D eigenvalue weighted by Gasteiger charge is 2.03. The molecule has 0 bridgehead atoms. The number of rotatable bonds is 3. The summed E-state index contributed by atoms with van der Waals surface area (Å²) in [6.07, 6.45) is 0. The topological polar surface area (TPSA) is 0 Å². The Bertz CT molecular complexity index is 774. The van der Waals surface area contributed by atoms with E-state index in [1.165, 1.54) is 33.0 Å². The smallest absolute Gasteiger partial charge is 0.126 e. The highest BCUT2D eigenvalue weighted by Crippen LogP contribution is 2.26. The Morgan fingerprint density at radius 3 is 1.68 bits per heavy atom. The average molecular weight is 306 g/mol. The first-order valence-corrected chi connectivity index (χ1v) is 9.04. The van der Waals surface area contributed by atoms with Crippen LogP contribution in [0.25, 0.3) is 22.3 Å². The zero-order valence-corrected chi connectivity index (χ0v) is 14.9. The zero-order chi connectivity index (χ0) is 15.5. The normalized spacial score (nSPS) is 10.8. The maximum atomic E-state index is 13.7. The molecule has 3 aromatic carbocycles. The van der Waals surface area contributed by atoms with Gasteiger partial charge in [-0.3, -0.25) is 0 Å². The van der Waals surface area contributed by atoms with Gasteiger partial charge in [0.2, 0.25) is 0 Å². The van der Waals surface area contributed by atoms with Crippen LogP contribution in [0.3, 0.4) is 0 Å². The van der Waals surface area contributed by atoms with Gasteiger partial charge in [-0.05, 0) is 46.9 Å². The number of halogens is 1. The van der Waals surface area contributed by atoms with Gasteiger partial charge in [0.25, 0.3) is 0 Å². The molecule has 0 heterocycles. The molecule has 3 rings (SSSR count). The lowest BCUT2D eigenvalue weighted by Gasteiger charge is -2.07. The highest BCUT2D eigenvalue weighted by molar-refractivity contribution is 6.08. The first-order valence-electron chi connectivity index (χ1n) is 7.63. The minimum Gasteiger partial charge on any atom is -0.207 e. The van der Waals surface area contributed by atoms with E-state index in [1.807, 2.05) is 12.1 Å². The van der Waals surface area contributed by atoms with Crippen molar-refractivity contribution >= 4 is 10.2 Å². The predicted octanol–water partition coefficient (Wildman–Crippen LogP) is 4.33. The molecule has 22 heavy (non-hydrogen) atoms. The lowest BCUT2D eigenvalue weighted by atomic mass is 9.99. The van der Waals surface area contributed by atoms with Crippen molar-refractivity contribution in [3.8, 4) is 22.3 Å². The van der Waals surface area contributed by atoms with E-state index in [-0.39, 0.29) is 5.82 Å². The van der Waals surface area contributed by atoms with Crippen LogP contribution in [0, 0.1) is 12.7 Å². The molecule has 110 valence electrons. The van der Waals surface area contributed by atoms with E-state index in [0.717, 1.165) is 11.1 Å². The fraction of sp³-hybridized carbons (Fsp3) is 0.100. The van der Waals surface area contributed by atoms with Crippen LogP contribution < -0.4 is 0 Å². The van der Waals surface area contributed by atoms with Crippen LogP contribution >= 0.6 is 0 Å². The van der Waals surface area contributed by atoms with Gasteiger partial charge in [0.1, 0.15) is 5.82 Å². The minimum atomic E-state index is -0.153. The molecule has 0 radical (unpaired) electrons. The van der Waals surface area contributed by atoms with Crippen molar-refractivity contribution in [3.63, 3.8) is 0 Å². The molecular formula is C20H19FSi. The van der Waals surface area contributed by atoms with E-state index in [2.05, 4.69) is 48.5 Å². The van der Waals surface area contributed by atoms with Crippen LogP contribution in [0.1, 0.15) is 11.1 Å². The van der Waals surface area contributed by atoms with Crippen LogP contribution in [0.15, 0.2) is 66.7 Å². The summed E-state index contributed by atoms with van der Waals surface area (Å²) in [5.74, 6) is -0.153. The Kier molecular flexibility index (Phi) is 4.21. The fourth-order valence-corrected chi connectivity index (χ4v) is 3.03. The first-order chi connectivity index (χ1) is 10.7. The summed E-state index contributed by atoms with van der Waals surface area (Å²) in [5, 5.41) is 0. The standard InChI is InChI=1S/C20H19FSi/c1-14-2-5-19(12-20(14)21)18-10-8-17(9-11-18)16-6-3-15(13-22)4-7-16/h2-12H,13H2,1,22H3. The molecule has 0 atom stereocenters. The first kappa shape index (κ1) is 14.7. The van der Waals surface area contributed by atoms with Crippen molar-refractivity contribution in [2.24, 2.45) is 0 Å². The van der Waals surface area contributed by atoms with E-state index in [9.17, 15) is 4.39 Å². The van der Waals surface area contributed by atoms with Gasteiger partial charge in [-0.1, -0.05) is 66.2 Å². The van der Waals surface area contributed by atoms with Crippen molar-refractivity contribution in [1.29, 1.82) is 0 Å². The third kappa shape index (κ3) is 3.02. The third-order valence-electron chi connectivity index (χ3n) is 4.09. The molecule has 0 spiro atoms. The van der Waals surface area contributed by atoms with Gasteiger partial charge < -0.3 is 0 Å². The summed E-state index contributed by atoms with van der Waals surface area (Å²) < 4.78 is 13.7. The van der Waals surface area contributed by atoms with Crippen molar-refractivity contribution < 1.29 is 4.39 Å². The molecule has 0 aromatic heterocycles. The quantitative estimate of drug-likeness (QED) is 0.632. The molecule has 0 amide bonds. The molecule has 0 fully saturated rings. The summed E-state index contributed by atoms with van der Waals surface area (Å²) >= 11 is 0. The average Bonchev–Trinajstić information content (AvgIpc) is 2.58. The van der Waals surface area contributed by atoms with E-state index >= 15 is 0 Å². The summed E-state index contributed by atoms with van der Waals surface area (Å²) in [7, 11) is 1.20. The van der Waals surface area contributed by atoms with Gasteiger partial charge in [-0.25, -0.2) is 4.39 Å². The Morgan fingerprint density at radius 1 is 0.727 bits per heavy atom. The van der Waals surface area contributed by atoms with Crippen LogP contribution in [0.4, 0.5) is 4.39 Å². The van der Waals surface area contributed by atoms with Crippen molar-refractivity contribution in [3.05, 3.63) is 83.7 Å². The van der Waals surface area contributed by atoms with Crippen molar-refractivity contribution in [2.75, 3.05) is 0 Å². The molecule has 0 aliphatic rings. The molecule has 0 aliphatic heterocycles. The van der Waals surface area contributed by atoms with Gasteiger partial charge in [-0.15, -0.1) is 0 Å². The molecule has 0 saturated carbocycles. The molecular weight excluding hydrogens is 287 g/mol. The molecule has 0 aliphatic carbocycles. The fourth-order valence-electron chi connectivity index (χ4n) is 2.56. The predicted molar refractivity (Wildman–Crippen MR) is 95.7 cm³/mol.